The standard InChI is InChI=1S/C26H23BrN2O/c1-15-12-17(3)24-21(13-15)23(18(4)25(29-24)19-8-6-5-7-9-19)26(30)28-22-11-10-20(27)14-16(22)2/h5-14H,1-4H3,(H,28,30). The Bertz CT molecular complexity index is 1280. The normalized spacial score (nSPS) is 11.0. The first-order valence-electron chi connectivity index (χ1n) is 9.89. The number of hydrogen-bond donors (Lipinski definition) is 1. The van der Waals surface area contributed by atoms with Gasteiger partial charge in [0, 0.05) is 21.1 Å². The highest BCUT2D eigenvalue weighted by molar-refractivity contribution is 9.10. The van der Waals surface area contributed by atoms with Crippen molar-refractivity contribution in [1.29, 1.82) is 0 Å². The van der Waals surface area contributed by atoms with Gasteiger partial charge in [0.1, 0.15) is 0 Å². The van der Waals surface area contributed by atoms with E-state index in [0.29, 0.717) is 5.56 Å². The fraction of sp³-hybridized carbons (Fsp3) is 0.154. The van der Waals surface area contributed by atoms with Gasteiger partial charge < -0.3 is 5.32 Å². The van der Waals surface area contributed by atoms with Gasteiger partial charge in [0.15, 0.2) is 0 Å². The molecule has 1 amide bonds. The molecule has 1 N–H and O–H groups in total. The quantitative estimate of drug-likeness (QED) is 0.354. The second-order valence-electron chi connectivity index (χ2n) is 7.72. The third-order valence-electron chi connectivity index (χ3n) is 5.38. The summed E-state index contributed by atoms with van der Waals surface area (Å²) in [6.07, 6.45) is 0. The SMILES string of the molecule is Cc1cc(C)c2nc(-c3ccccc3)c(C)c(C(=O)Nc3ccc(Br)cc3C)c2c1. The van der Waals surface area contributed by atoms with Crippen LogP contribution in [-0.4, -0.2) is 10.9 Å². The van der Waals surface area contributed by atoms with Crippen molar-refractivity contribution in [1.82, 2.24) is 4.98 Å². The van der Waals surface area contributed by atoms with E-state index in [-0.39, 0.29) is 5.91 Å². The Labute approximate surface area is 185 Å². The van der Waals surface area contributed by atoms with Crippen molar-refractivity contribution >= 4 is 38.4 Å². The van der Waals surface area contributed by atoms with Crippen LogP contribution in [0.5, 0.6) is 0 Å². The Balaban J connectivity index is 1.94. The molecule has 0 bridgehead atoms. The summed E-state index contributed by atoms with van der Waals surface area (Å²) in [7, 11) is 0. The molecule has 4 heteroatoms. The van der Waals surface area contributed by atoms with Crippen molar-refractivity contribution in [3.8, 4) is 11.3 Å². The fourth-order valence-corrected chi connectivity index (χ4v) is 4.41. The minimum atomic E-state index is -0.118. The molecule has 4 rings (SSSR count). The van der Waals surface area contributed by atoms with Crippen LogP contribution in [0.25, 0.3) is 22.2 Å². The maximum Gasteiger partial charge on any atom is 0.256 e. The molecule has 4 aromatic rings. The molecule has 3 aromatic carbocycles. The highest BCUT2D eigenvalue weighted by atomic mass is 79.9. The molecule has 0 radical (unpaired) electrons. The Hall–Kier alpha value is -2.98. The predicted molar refractivity (Wildman–Crippen MR) is 128 cm³/mol. The number of nitrogens with one attached hydrogen (secondary N) is 1. The first-order chi connectivity index (χ1) is 14.3. The molecule has 0 saturated carbocycles. The molecule has 1 heterocycles. The largest absolute Gasteiger partial charge is 0.322 e. The number of aromatic nitrogens is 1. The lowest BCUT2D eigenvalue weighted by Crippen LogP contribution is -2.16. The predicted octanol–water partition coefficient (Wildman–Crippen LogP) is 7.15. The van der Waals surface area contributed by atoms with Crippen LogP contribution in [0.15, 0.2) is 65.1 Å². The summed E-state index contributed by atoms with van der Waals surface area (Å²) in [6.45, 7) is 8.07. The Morgan fingerprint density at radius 1 is 0.900 bits per heavy atom. The number of amides is 1. The minimum absolute atomic E-state index is 0.118. The minimum Gasteiger partial charge on any atom is -0.322 e. The number of rotatable bonds is 3. The molecule has 0 atom stereocenters. The van der Waals surface area contributed by atoms with Gasteiger partial charge in [0.05, 0.1) is 16.8 Å². The topological polar surface area (TPSA) is 42.0 Å². The van der Waals surface area contributed by atoms with E-state index < -0.39 is 0 Å². The van der Waals surface area contributed by atoms with Crippen molar-refractivity contribution in [2.24, 2.45) is 0 Å². The number of benzene rings is 3. The molecule has 0 fully saturated rings. The van der Waals surface area contributed by atoms with Crippen molar-refractivity contribution in [2.75, 3.05) is 5.32 Å². The summed E-state index contributed by atoms with van der Waals surface area (Å²) in [5.41, 5.74) is 8.25. The average molecular weight is 459 g/mol. The number of pyridine rings is 1. The molecule has 0 aliphatic carbocycles. The lowest BCUT2D eigenvalue weighted by atomic mass is 9.94. The summed E-state index contributed by atoms with van der Waals surface area (Å²) >= 11 is 3.48. The molecule has 0 spiro atoms. The van der Waals surface area contributed by atoms with E-state index >= 15 is 0 Å². The number of nitrogens with zero attached hydrogens (tertiary/aromatic N) is 1. The van der Waals surface area contributed by atoms with Crippen LogP contribution in [0, 0.1) is 27.7 Å². The van der Waals surface area contributed by atoms with Crippen LogP contribution >= 0.6 is 15.9 Å². The average Bonchev–Trinajstić information content (AvgIpc) is 2.70. The number of fused-ring (bicyclic) bond motifs is 1. The lowest BCUT2D eigenvalue weighted by molar-refractivity contribution is 0.102. The van der Waals surface area contributed by atoms with Gasteiger partial charge in [0.25, 0.3) is 5.91 Å². The van der Waals surface area contributed by atoms with Gasteiger partial charge in [-0.3, -0.25) is 4.79 Å². The van der Waals surface area contributed by atoms with E-state index in [1.165, 1.54) is 0 Å². The number of anilines is 1. The molecule has 0 aliphatic heterocycles. The zero-order chi connectivity index (χ0) is 21.4. The summed E-state index contributed by atoms with van der Waals surface area (Å²) in [6, 6.07) is 20.1. The number of aryl methyl sites for hydroxylation is 3. The molecule has 150 valence electrons. The molecule has 1 aromatic heterocycles. The number of carbonyl (C=O) groups is 1. The maximum atomic E-state index is 13.5. The molecule has 3 nitrogen and oxygen atoms in total. The Kier molecular flexibility index (Phi) is 5.44. The van der Waals surface area contributed by atoms with Crippen molar-refractivity contribution < 1.29 is 4.79 Å². The zero-order valence-corrected chi connectivity index (χ0v) is 19.1. The number of carbonyl (C=O) groups excluding carboxylic acids is 1. The van der Waals surface area contributed by atoms with E-state index in [1.54, 1.807) is 0 Å². The smallest absolute Gasteiger partial charge is 0.256 e. The first-order valence-corrected chi connectivity index (χ1v) is 10.7. The summed E-state index contributed by atoms with van der Waals surface area (Å²) in [5.74, 6) is -0.118. The van der Waals surface area contributed by atoms with E-state index in [2.05, 4.69) is 33.4 Å². The summed E-state index contributed by atoms with van der Waals surface area (Å²) in [4.78, 5) is 18.5. The van der Waals surface area contributed by atoms with Gasteiger partial charge >= 0.3 is 0 Å². The molecular formula is C26H23BrN2O. The van der Waals surface area contributed by atoms with Crippen LogP contribution in [0.1, 0.15) is 32.6 Å². The second kappa shape index (κ2) is 8.04. The fourth-order valence-electron chi connectivity index (χ4n) is 3.94. The van der Waals surface area contributed by atoms with E-state index in [4.69, 9.17) is 4.98 Å². The van der Waals surface area contributed by atoms with Crippen LogP contribution < -0.4 is 5.32 Å². The van der Waals surface area contributed by atoms with Crippen molar-refractivity contribution in [2.45, 2.75) is 27.7 Å². The third kappa shape index (κ3) is 3.75. The van der Waals surface area contributed by atoms with Gasteiger partial charge in [0.2, 0.25) is 0 Å². The number of hydrogen-bond acceptors (Lipinski definition) is 2. The number of halogens is 1. The molecule has 0 unspecified atom stereocenters. The molecule has 30 heavy (non-hydrogen) atoms. The highest BCUT2D eigenvalue weighted by Gasteiger charge is 2.20. The van der Waals surface area contributed by atoms with Crippen LogP contribution in [0.4, 0.5) is 5.69 Å². The summed E-state index contributed by atoms with van der Waals surface area (Å²) < 4.78 is 0.987. The molecule has 0 saturated heterocycles. The van der Waals surface area contributed by atoms with E-state index in [0.717, 1.165) is 54.6 Å². The van der Waals surface area contributed by atoms with Gasteiger partial charge in [-0.05, 0) is 68.7 Å². The Morgan fingerprint density at radius 3 is 2.33 bits per heavy atom. The van der Waals surface area contributed by atoms with E-state index in [9.17, 15) is 4.79 Å². The first kappa shape index (κ1) is 20.3. The van der Waals surface area contributed by atoms with Crippen molar-refractivity contribution in [3.05, 3.63) is 93.0 Å². The second-order valence-corrected chi connectivity index (χ2v) is 8.63. The van der Waals surface area contributed by atoms with Gasteiger partial charge in [-0.2, -0.15) is 0 Å². The van der Waals surface area contributed by atoms with Crippen LogP contribution in [-0.2, 0) is 0 Å². The molecular weight excluding hydrogens is 436 g/mol. The van der Waals surface area contributed by atoms with Crippen LogP contribution in [0.3, 0.4) is 0 Å². The Morgan fingerprint density at radius 2 is 1.63 bits per heavy atom. The zero-order valence-electron chi connectivity index (χ0n) is 17.5. The monoisotopic (exact) mass is 458 g/mol. The third-order valence-corrected chi connectivity index (χ3v) is 5.87. The lowest BCUT2D eigenvalue weighted by Gasteiger charge is -2.17. The van der Waals surface area contributed by atoms with Gasteiger partial charge in [-0.25, -0.2) is 4.98 Å². The molecule has 0 aliphatic rings. The van der Waals surface area contributed by atoms with Gasteiger partial charge in [-0.15, -0.1) is 0 Å². The maximum absolute atomic E-state index is 13.5. The van der Waals surface area contributed by atoms with Gasteiger partial charge in [-0.1, -0.05) is 57.9 Å². The summed E-state index contributed by atoms with van der Waals surface area (Å²) in [5, 5.41) is 4.00. The van der Waals surface area contributed by atoms with E-state index in [1.807, 2.05) is 76.2 Å². The van der Waals surface area contributed by atoms with Crippen molar-refractivity contribution in [3.63, 3.8) is 0 Å². The van der Waals surface area contributed by atoms with Crippen LogP contribution in [0.2, 0.25) is 0 Å². The highest BCUT2D eigenvalue weighted by Crippen LogP contribution is 2.32.